The minimum absolute atomic E-state index is 0.161. The van der Waals surface area contributed by atoms with Gasteiger partial charge in [0, 0.05) is 19.7 Å². The van der Waals surface area contributed by atoms with Gasteiger partial charge in [-0.2, -0.15) is 0 Å². The summed E-state index contributed by atoms with van der Waals surface area (Å²) in [6.45, 7) is 6.40. The third kappa shape index (κ3) is 2.49. The van der Waals surface area contributed by atoms with Crippen molar-refractivity contribution in [2.24, 2.45) is 11.3 Å². The number of aliphatic hydroxyl groups excluding tert-OH is 1. The molecule has 0 amide bonds. The van der Waals surface area contributed by atoms with Gasteiger partial charge < -0.3 is 15.1 Å². The van der Waals surface area contributed by atoms with Gasteiger partial charge in [0.1, 0.15) is 0 Å². The molecule has 0 aliphatic carbocycles. The molecule has 1 atom stereocenters. The maximum absolute atomic E-state index is 11.3. The van der Waals surface area contributed by atoms with E-state index in [4.69, 9.17) is 5.11 Å². The van der Waals surface area contributed by atoms with Gasteiger partial charge in [0.2, 0.25) is 0 Å². The fourth-order valence-corrected chi connectivity index (χ4v) is 2.29. The first-order valence-electron chi connectivity index (χ1n) is 5.59. The van der Waals surface area contributed by atoms with Crippen molar-refractivity contribution in [3.63, 3.8) is 0 Å². The average molecular weight is 215 g/mol. The van der Waals surface area contributed by atoms with E-state index in [0.29, 0.717) is 6.54 Å². The molecule has 0 spiro atoms. The van der Waals surface area contributed by atoms with Gasteiger partial charge in [0.15, 0.2) is 0 Å². The van der Waals surface area contributed by atoms with Crippen LogP contribution >= 0.6 is 0 Å². The van der Waals surface area contributed by atoms with Crippen molar-refractivity contribution < 1.29 is 15.0 Å². The number of hydrogen-bond acceptors (Lipinski definition) is 3. The monoisotopic (exact) mass is 215 g/mol. The van der Waals surface area contributed by atoms with Gasteiger partial charge in [-0.25, -0.2) is 0 Å². The lowest BCUT2D eigenvalue weighted by atomic mass is 9.76. The first-order valence-corrected chi connectivity index (χ1v) is 5.59. The molecule has 1 rings (SSSR count). The number of aliphatic carboxylic acids is 1. The van der Waals surface area contributed by atoms with Crippen LogP contribution in [0.4, 0.5) is 0 Å². The van der Waals surface area contributed by atoms with Gasteiger partial charge in [-0.1, -0.05) is 13.8 Å². The van der Waals surface area contributed by atoms with Gasteiger partial charge in [0.05, 0.1) is 5.41 Å². The number of hydrogen-bond donors (Lipinski definition) is 2. The van der Waals surface area contributed by atoms with Crippen LogP contribution in [0.2, 0.25) is 0 Å². The van der Waals surface area contributed by atoms with Crippen LogP contribution in [0.5, 0.6) is 0 Å². The molecule has 15 heavy (non-hydrogen) atoms. The van der Waals surface area contributed by atoms with Gasteiger partial charge in [0.25, 0.3) is 0 Å². The lowest BCUT2D eigenvalue weighted by molar-refractivity contribution is -0.151. The maximum Gasteiger partial charge on any atom is 0.311 e. The molecule has 1 heterocycles. The summed E-state index contributed by atoms with van der Waals surface area (Å²) in [7, 11) is 0. The smallest absolute Gasteiger partial charge is 0.311 e. The van der Waals surface area contributed by atoms with Crippen molar-refractivity contribution >= 4 is 5.97 Å². The summed E-state index contributed by atoms with van der Waals surface area (Å²) in [4.78, 5) is 13.5. The molecule has 1 saturated heterocycles. The number of aliphatic hydroxyl groups is 1. The van der Waals surface area contributed by atoms with Crippen LogP contribution in [0, 0.1) is 11.3 Å². The van der Waals surface area contributed by atoms with Gasteiger partial charge in [-0.05, 0) is 25.3 Å². The van der Waals surface area contributed by atoms with Crippen LogP contribution in [0.1, 0.15) is 26.7 Å². The van der Waals surface area contributed by atoms with Crippen LogP contribution in [0.3, 0.4) is 0 Å². The second kappa shape index (κ2) is 4.94. The lowest BCUT2D eigenvalue weighted by Crippen LogP contribution is -2.39. The predicted molar refractivity (Wildman–Crippen MR) is 57.7 cm³/mol. The zero-order chi connectivity index (χ0) is 11.5. The van der Waals surface area contributed by atoms with Crippen molar-refractivity contribution in [3.05, 3.63) is 0 Å². The molecule has 0 aromatic heterocycles. The van der Waals surface area contributed by atoms with Crippen LogP contribution in [-0.4, -0.2) is 47.3 Å². The van der Waals surface area contributed by atoms with Crippen LogP contribution < -0.4 is 0 Å². The summed E-state index contributed by atoms with van der Waals surface area (Å²) >= 11 is 0. The Morgan fingerprint density at radius 1 is 1.53 bits per heavy atom. The molecular formula is C11H21NO3. The highest BCUT2D eigenvalue weighted by atomic mass is 16.4. The summed E-state index contributed by atoms with van der Waals surface area (Å²) in [6.07, 6.45) is 1.46. The molecule has 1 fully saturated rings. The highest BCUT2D eigenvalue weighted by Gasteiger charge is 2.46. The summed E-state index contributed by atoms with van der Waals surface area (Å²) in [6, 6.07) is 0. The Hall–Kier alpha value is -0.610. The highest BCUT2D eigenvalue weighted by Crippen LogP contribution is 2.38. The molecule has 1 aliphatic rings. The second-order valence-corrected chi connectivity index (χ2v) is 4.72. The van der Waals surface area contributed by atoms with Crippen LogP contribution in [0.15, 0.2) is 0 Å². The van der Waals surface area contributed by atoms with E-state index in [0.717, 1.165) is 25.9 Å². The molecule has 0 aromatic carbocycles. The Morgan fingerprint density at radius 3 is 2.60 bits per heavy atom. The molecule has 2 N–H and O–H groups in total. The molecule has 1 unspecified atom stereocenters. The number of rotatable bonds is 5. The van der Waals surface area contributed by atoms with Crippen molar-refractivity contribution in [2.75, 3.05) is 26.2 Å². The fourth-order valence-electron chi connectivity index (χ4n) is 2.29. The summed E-state index contributed by atoms with van der Waals surface area (Å²) in [5.41, 5.74) is -0.574. The highest BCUT2D eigenvalue weighted by molar-refractivity contribution is 5.75. The van der Waals surface area contributed by atoms with Crippen molar-refractivity contribution in [3.8, 4) is 0 Å². The van der Waals surface area contributed by atoms with E-state index in [1.807, 2.05) is 13.8 Å². The normalized spacial score (nSPS) is 27.5. The topological polar surface area (TPSA) is 60.8 Å². The number of carboxylic acid groups (broad SMARTS) is 1. The molecule has 0 aromatic rings. The van der Waals surface area contributed by atoms with E-state index >= 15 is 0 Å². The quantitative estimate of drug-likeness (QED) is 0.712. The van der Waals surface area contributed by atoms with Crippen LogP contribution in [-0.2, 0) is 4.79 Å². The summed E-state index contributed by atoms with van der Waals surface area (Å²) in [5.74, 6) is -0.516. The fraction of sp³-hybridized carbons (Fsp3) is 0.909. The average Bonchev–Trinajstić information content (AvgIpc) is 2.60. The molecule has 4 heteroatoms. The molecule has 0 bridgehead atoms. The number of likely N-dealkylation sites (tertiary alicyclic amines) is 1. The third-order valence-corrected chi connectivity index (χ3v) is 3.54. The van der Waals surface area contributed by atoms with E-state index in [9.17, 15) is 9.90 Å². The SMILES string of the molecule is CC(C)C1(C(=O)O)CCN(CCCO)C1. The minimum atomic E-state index is -0.677. The van der Waals surface area contributed by atoms with Gasteiger partial charge >= 0.3 is 5.97 Å². The lowest BCUT2D eigenvalue weighted by Gasteiger charge is -2.28. The minimum Gasteiger partial charge on any atom is -0.481 e. The van der Waals surface area contributed by atoms with E-state index in [2.05, 4.69) is 4.90 Å². The van der Waals surface area contributed by atoms with Gasteiger partial charge in [-0.3, -0.25) is 4.79 Å². The Labute approximate surface area is 90.9 Å². The Balaban J connectivity index is 2.60. The predicted octanol–water partition coefficient (Wildman–Crippen LogP) is 0.802. The van der Waals surface area contributed by atoms with Crippen molar-refractivity contribution in [1.82, 2.24) is 4.90 Å². The van der Waals surface area contributed by atoms with E-state index in [-0.39, 0.29) is 12.5 Å². The molecule has 88 valence electrons. The first-order chi connectivity index (χ1) is 7.03. The second-order valence-electron chi connectivity index (χ2n) is 4.72. The van der Waals surface area contributed by atoms with Crippen molar-refractivity contribution in [2.45, 2.75) is 26.7 Å². The molecule has 1 aliphatic heterocycles. The van der Waals surface area contributed by atoms with E-state index in [1.165, 1.54) is 0 Å². The van der Waals surface area contributed by atoms with E-state index < -0.39 is 11.4 Å². The molecular weight excluding hydrogens is 194 g/mol. The number of carbonyl (C=O) groups is 1. The Bertz CT molecular complexity index is 230. The third-order valence-electron chi connectivity index (χ3n) is 3.54. The Morgan fingerprint density at radius 2 is 2.20 bits per heavy atom. The standard InChI is InChI=1S/C11H21NO3/c1-9(2)11(10(14)15)4-6-12(8-11)5-3-7-13/h9,13H,3-8H2,1-2H3,(H,14,15). The zero-order valence-corrected chi connectivity index (χ0v) is 9.57. The first kappa shape index (κ1) is 12.5. The maximum atomic E-state index is 11.3. The number of nitrogens with zero attached hydrogens (tertiary/aromatic N) is 1. The summed E-state index contributed by atoms with van der Waals surface area (Å²) in [5, 5.41) is 18.0. The Kier molecular flexibility index (Phi) is 4.11. The largest absolute Gasteiger partial charge is 0.481 e. The van der Waals surface area contributed by atoms with E-state index in [1.54, 1.807) is 0 Å². The van der Waals surface area contributed by atoms with Gasteiger partial charge in [-0.15, -0.1) is 0 Å². The molecule has 0 saturated carbocycles. The van der Waals surface area contributed by atoms with Crippen LogP contribution in [0.25, 0.3) is 0 Å². The molecule has 0 radical (unpaired) electrons. The zero-order valence-electron chi connectivity index (χ0n) is 9.57. The number of carboxylic acids is 1. The summed E-state index contributed by atoms with van der Waals surface area (Å²) < 4.78 is 0. The molecule has 4 nitrogen and oxygen atoms in total. The van der Waals surface area contributed by atoms with Crippen molar-refractivity contribution in [1.29, 1.82) is 0 Å².